The van der Waals surface area contributed by atoms with Gasteiger partial charge in [-0.3, -0.25) is 0 Å². The Morgan fingerprint density at radius 1 is 1.05 bits per heavy atom. The molecule has 21 heavy (non-hydrogen) atoms. The molecule has 0 saturated carbocycles. The Hall–Kier alpha value is -2.13. The quantitative estimate of drug-likeness (QED) is 0.459. The highest BCUT2D eigenvalue weighted by Gasteiger charge is 2.35. The van der Waals surface area contributed by atoms with Gasteiger partial charge >= 0.3 is 6.18 Å². The number of anilines is 3. The van der Waals surface area contributed by atoms with Crippen LogP contribution in [-0.4, -0.2) is 9.97 Å². The van der Waals surface area contributed by atoms with Crippen molar-refractivity contribution in [3.8, 4) is 0 Å². The Bertz CT molecular complexity index is 641. The smallest absolute Gasteiger partial charge is 0.340 e. The molecule has 2 aromatic rings. The van der Waals surface area contributed by atoms with Gasteiger partial charge in [0.05, 0.1) is 0 Å². The van der Waals surface area contributed by atoms with Gasteiger partial charge in [0, 0.05) is 16.8 Å². The van der Waals surface area contributed by atoms with Crippen LogP contribution in [-0.2, 0) is 6.18 Å². The van der Waals surface area contributed by atoms with Gasteiger partial charge in [0.25, 0.3) is 0 Å². The number of rotatable bonds is 3. The molecule has 112 valence electrons. The highest BCUT2D eigenvalue weighted by molar-refractivity contribution is 6.30. The van der Waals surface area contributed by atoms with E-state index in [1.807, 2.05) is 5.43 Å². The standard InChI is InChI=1S/C11H8ClF4N5/c12-5-1-6(13)3-7(2-5)18-8-4-9(21-17)20-10(19-8)11(14,15)16/h1-4H,17H2,(H2,18,19,20,21). The van der Waals surface area contributed by atoms with E-state index in [1.54, 1.807) is 0 Å². The van der Waals surface area contributed by atoms with Crippen LogP contribution in [0.5, 0.6) is 0 Å². The average Bonchev–Trinajstić information content (AvgIpc) is 2.36. The summed E-state index contributed by atoms with van der Waals surface area (Å²) in [5, 5.41) is 2.58. The van der Waals surface area contributed by atoms with Crippen LogP contribution in [0.15, 0.2) is 24.3 Å². The van der Waals surface area contributed by atoms with Gasteiger partial charge in [-0.15, -0.1) is 0 Å². The number of hydrogen-bond donors (Lipinski definition) is 3. The summed E-state index contributed by atoms with van der Waals surface area (Å²) in [6.07, 6.45) is -4.75. The molecule has 0 aliphatic carbocycles. The van der Waals surface area contributed by atoms with Crippen LogP contribution in [0.1, 0.15) is 5.82 Å². The van der Waals surface area contributed by atoms with Crippen LogP contribution in [0, 0.1) is 5.82 Å². The average molecular weight is 322 g/mol. The second-order valence-electron chi connectivity index (χ2n) is 3.89. The highest BCUT2D eigenvalue weighted by atomic mass is 35.5. The fraction of sp³-hybridized carbons (Fsp3) is 0.0909. The van der Waals surface area contributed by atoms with Crippen molar-refractivity contribution in [3.63, 3.8) is 0 Å². The summed E-state index contributed by atoms with van der Waals surface area (Å²) in [6, 6.07) is 4.57. The maximum atomic E-state index is 13.2. The molecule has 1 aromatic carbocycles. The molecular weight excluding hydrogens is 314 g/mol. The maximum Gasteiger partial charge on any atom is 0.451 e. The largest absolute Gasteiger partial charge is 0.451 e. The topological polar surface area (TPSA) is 75.9 Å². The molecule has 5 nitrogen and oxygen atoms in total. The molecule has 0 fully saturated rings. The molecule has 4 N–H and O–H groups in total. The molecule has 0 aliphatic heterocycles. The van der Waals surface area contributed by atoms with Gasteiger partial charge in [-0.1, -0.05) is 11.6 Å². The van der Waals surface area contributed by atoms with E-state index in [-0.39, 0.29) is 22.3 Å². The molecule has 0 unspecified atom stereocenters. The third-order valence-electron chi connectivity index (χ3n) is 2.26. The van der Waals surface area contributed by atoms with Crippen molar-refractivity contribution < 1.29 is 17.6 Å². The van der Waals surface area contributed by atoms with Crippen LogP contribution in [0.4, 0.5) is 34.9 Å². The summed E-state index contributed by atoms with van der Waals surface area (Å²) >= 11 is 5.65. The van der Waals surface area contributed by atoms with Crippen molar-refractivity contribution in [3.05, 3.63) is 40.9 Å². The molecular formula is C11H8ClF4N5. The van der Waals surface area contributed by atoms with Crippen molar-refractivity contribution in [2.45, 2.75) is 6.18 Å². The third kappa shape index (κ3) is 3.92. The number of hydrogen-bond acceptors (Lipinski definition) is 5. The summed E-state index contributed by atoms with van der Waals surface area (Å²) < 4.78 is 51.1. The maximum absolute atomic E-state index is 13.2. The molecule has 1 aromatic heterocycles. The molecule has 0 saturated heterocycles. The lowest BCUT2D eigenvalue weighted by molar-refractivity contribution is -0.144. The van der Waals surface area contributed by atoms with E-state index < -0.39 is 17.8 Å². The van der Waals surface area contributed by atoms with E-state index >= 15 is 0 Å². The number of alkyl halides is 3. The first-order chi connectivity index (χ1) is 9.77. The molecule has 0 bridgehead atoms. The minimum atomic E-state index is -4.75. The van der Waals surface area contributed by atoms with Gasteiger partial charge in [0.15, 0.2) is 0 Å². The molecule has 0 amide bonds. The van der Waals surface area contributed by atoms with E-state index in [9.17, 15) is 17.6 Å². The first kappa shape index (κ1) is 15.3. The lowest BCUT2D eigenvalue weighted by atomic mass is 10.3. The number of nitrogens with one attached hydrogen (secondary N) is 2. The number of nitrogen functional groups attached to an aromatic ring is 1. The monoisotopic (exact) mass is 321 g/mol. The fourth-order valence-corrected chi connectivity index (χ4v) is 1.71. The molecule has 0 atom stereocenters. The van der Waals surface area contributed by atoms with Crippen molar-refractivity contribution in [2.75, 3.05) is 10.7 Å². The Labute approximate surface area is 121 Å². The van der Waals surface area contributed by atoms with E-state index in [0.29, 0.717) is 0 Å². The second-order valence-corrected chi connectivity index (χ2v) is 4.32. The number of hydrazine groups is 1. The predicted octanol–water partition coefficient (Wildman–Crippen LogP) is 3.32. The van der Waals surface area contributed by atoms with E-state index in [0.717, 1.165) is 18.2 Å². The number of nitrogens with two attached hydrogens (primary N) is 1. The molecule has 2 rings (SSSR count). The third-order valence-corrected chi connectivity index (χ3v) is 2.48. The first-order valence-corrected chi connectivity index (χ1v) is 5.82. The van der Waals surface area contributed by atoms with Crippen LogP contribution in [0.25, 0.3) is 0 Å². The van der Waals surface area contributed by atoms with Crippen LogP contribution >= 0.6 is 11.6 Å². The zero-order valence-corrected chi connectivity index (χ0v) is 10.9. The zero-order chi connectivity index (χ0) is 15.6. The van der Waals surface area contributed by atoms with Gasteiger partial charge < -0.3 is 10.7 Å². The van der Waals surface area contributed by atoms with Crippen LogP contribution < -0.4 is 16.6 Å². The number of benzene rings is 1. The normalized spacial score (nSPS) is 11.3. The predicted molar refractivity (Wildman–Crippen MR) is 69.5 cm³/mol. The molecule has 10 heteroatoms. The van der Waals surface area contributed by atoms with Crippen molar-refractivity contribution >= 4 is 28.9 Å². The van der Waals surface area contributed by atoms with Gasteiger partial charge in [-0.25, -0.2) is 20.2 Å². The minimum Gasteiger partial charge on any atom is -0.340 e. The van der Waals surface area contributed by atoms with Crippen LogP contribution in [0.3, 0.4) is 0 Å². The van der Waals surface area contributed by atoms with Gasteiger partial charge in [0.2, 0.25) is 5.82 Å². The molecule has 1 heterocycles. The zero-order valence-electron chi connectivity index (χ0n) is 10.2. The van der Waals surface area contributed by atoms with Crippen molar-refractivity contribution in [1.29, 1.82) is 0 Å². The fourth-order valence-electron chi connectivity index (χ4n) is 1.49. The van der Waals surface area contributed by atoms with Gasteiger partial charge in [-0.2, -0.15) is 13.2 Å². The molecule has 0 aliphatic rings. The summed E-state index contributed by atoms with van der Waals surface area (Å²) in [4.78, 5) is 6.49. The number of nitrogens with zero attached hydrogens (tertiary/aromatic N) is 2. The Kier molecular flexibility index (Phi) is 4.14. The summed E-state index contributed by atoms with van der Waals surface area (Å²) in [5.74, 6) is 2.56. The highest BCUT2D eigenvalue weighted by Crippen LogP contribution is 2.29. The second kappa shape index (κ2) is 5.70. The Balaban J connectivity index is 2.39. The SMILES string of the molecule is NNc1cc(Nc2cc(F)cc(Cl)c2)nc(C(F)(F)F)n1. The lowest BCUT2D eigenvalue weighted by Crippen LogP contribution is -2.16. The van der Waals surface area contributed by atoms with Crippen molar-refractivity contribution in [1.82, 2.24) is 9.97 Å². The summed E-state index contributed by atoms with van der Waals surface area (Å²) in [6.45, 7) is 0. The van der Waals surface area contributed by atoms with Crippen LogP contribution in [0.2, 0.25) is 5.02 Å². The van der Waals surface area contributed by atoms with E-state index in [4.69, 9.17) is 17.4 Å². The van der Waals surface area contributed by atoms with Gasteiger partial charge in [-0.05, 0) is 18.2 Å². The van der Waals surface area contributed by atoms with Crippen molar-refractivity contribution in [2.24, 2.45) is 5.84 Å². The van der Waals surface area contributed by atoms with E-state index in [2.05, 4.69) is 15.3 Å². The Morgan fingerprint density at radius 2 is 1.71 bits per heavy atom. The first-order valence-electron chi connectivity index (χ1n) is 5.44. The minimum absolute atomic E-state index is 0.0831. The lowest BCUT2D eigenvalue weighted by Gasteiger charge is -2.11. The van der Waals surface area contributed by atoms with E-state index in [1.165, 1.54) is 6.07 Å². The number of halogens is 5. The van der Waals surface area contributed by atoms with Gasteiger partial charge in [0.1, 0.15) is 17.5 Å². The summed E-state index contributed by atoms with van der Waals surface area (Å²) in [5.41, 5.74) is 2.13. The molecule has 0 spiro atoms. The molecule has 0 radical (unpaired) electrons. The Morgan fingerprint density at radius 3 is 2.29 bits per heavy atom. The summed E-state index contributed by atoms with van der Waals surface area (Å²) in [7, 11) is 0. The number of aromatic nitrogens is 2.